The molecule has 0 aliphatic heterocycles. The van der Waals surface area contributed by atoms with E-state index in [1.807, 2.05) is 0 Å². The van der Waals surface area contributed by atoms with E-state index in [0.29, 0.717) is 0 Å². The fourth-order valence-corrected chi connectivity index (χ4v) is 5.22. The van der Waals surface area contributed by atoms with E-state index in [-0.39, 0.29) is 211 Å². The van der Waals surface area contributed by atoms with Crippen LogP contribution in [0.2, 0.25) is 0 Å². The fourth-order valence-electron chi connectivity index (χ4n) is 5.22. The summed E-state index contributed by atoms with van der Waals surface area (Å²) in [6.07, 6.45) is 0. The maximum atomic E-state index is 9.39. The molecule has 0 bridgehead atoms. The molecule has 0 fully saturated rings. The van der Waals surface area contributed by atoms with Crippen LogP contribution in [0.1, 0.15) is 0 Å². The summed E-state index contributed by atoms with van der Waals surface area (Å²) >= 11 is 0. The average molecular weight is 873 g/mol. The Labute approximate surface area is 348 Å². The molecule has 0 aromatic heterocycles. The Morgan fingerprint density at radius 3 is 0.508 bits per heavy atom. The molecule has 0 spiro atoms. The molecule has 0 amide bonds. The van der Waals surface area contributed by atoms with Gasteiger partial charge >= 0.3 is 0 Å². The van der Waals surface area contributed by atoms with Gasteiger partial charge in [0.2, 0.25) is 0 Å². The number of aliphatic hydroxyl groups is 8. The highest BCUT2D eigenvalue weighted by molar-refractivity contribution is 4.81. The van der Waals surface area contributed by atoms with E-state index in [4.69, 9.17) is 91.8 Å². The van der Waals surface area contributed by atoms with Crippen molar-refractivity contribution in [3.63, 3.8) is 0 Å². The van der Waals surface area contributed by atoms with Crippen molar-refractivity contribution in [2.45, 2.75) is 0 Å². The van der Waals surface area contributed by atoms with Gasteiger partial charge in [0.25, 0.3) is 0 Å². The lowest BCUT2D eigenvalue weighted by Gasteiger charge is -2.33. The summed E-state index contributed by atoms with van der Waals surface area (Å²) in [6, 6.07) is 0. The van der Waals surface area contributed by atoms with Crippen LogP contribution < -0.4 is 0 Å². The first-order chi connectivity index (χ1) is 28.9. The monoisotopic (exact) mass is 872 g/mol. The standard InChI is InChI=1S/C37H76O22/c38-1-7-48-21-35(22-49-8-2-39,23-50-9-3-40)27-54-17-13-46-15-19-56-29-37(32-59-34-45,26-53-12-6-43)30-57-20-16-47-14-18-55-28-36(31-58-33-44,24-51-10-4-41)25-52-11-5-42/h38-45H,1-34H2. The van der Waals surface area contributed by atoms with Crippen LogP contribution in [0.3, 0.4) is 0 Å². The van der Waals surface area contributed by atoms with Gasteiger partial charge in [-0.15, -0.1) is 0 Å². The number of hydrogen-bond donors (Lipinski definition) is 8. The summed E-state index contributed by atoms with van der Waals surface area (Å²) in [5, 5.41) is 73.5. The fraction of sp³-hybridized carbons (Fsp3) is 1.00. The van der Waals surface area contributed by atoms with E-state index in [1.54, 1.807) is 0 Å². The van der Waals surface area contributed by atoms with Gasteiger partial charge in [-0.1, -0.05) is 0 Å². The molecule has 0 aromatic carbocycles. The molecule has 0 heterocycles. The van der Waals surface area contributed by atoms with Crippen molar-refractivity contribution in [3.05, 3.63) is 0 Å². The van der Waals surface area contributed by atoms with Crippen LogP contribution in [0.4, 0.5) is 0 Å². The third-order valence-electron chi connectivity index (χ3n) is 7.98. The molecule has 0 rings (SSSR count). The molecule has 0 radical (unpaired) electrons. The Balaban J connectivity index is 4.89. The van der Waals surface area contributed by atoms with Crippen molar-refractivity contribution in [2.75, 3.05) is 225 Å². The Morgan fingerprint density at radius 2 is 0.339 bits per heavy atom. The summed E-state index contributed by atoms with van der Waals surface area (Å²) in [5.74, 6) is 0. The molecule has 8 N–H and O–H groups in total. The lowest BCUT2D eigenvalue weighted by Crippen LogP contribution is -2.43. The molecule has 1 unspecified atom stereocenters. The van der Waals surface area contributed by atoms with E-state index >= 15 is 0 Å². The summed E-state index contributed by atoms with van der Waals surface area (Å²) < 4.78 is 78.7. The van der Waals surface area contributed by atoms with Gasteiger partial charge < -0.3 is 107 Å². The topological polar surface area (TPSA) is 291 Å². The van der Waals surface area contributed by atoms with Crippen LogP contribution in [0.5, 0.6) is 0 Å². The van der Waals surface area contributed by atoms with Crippen molar-refractivity contribution in [1.82, 2.24) is 0 Å². The predicted octanol–water partition coefficient (Wildman–Crippen LogP) is -3.97. The highest BCUT2D eigenvalue weighted by Gasteiger charge is 2.35. The Morgan fingerprint density at radius 1 is 0.186 bits per heavy atom. The number of ether oxygens (including phenoxy) is 14. The van der Waals surface area contributed by atoms with Gasteiger partial charge in [-0.05, 0) is 0 Å². The Hall–Kier alpha value is -0.880. The summed E-state index contributed by atoms with van der Waals surface area (Å²) in [6.45, 7) is 1.91. The van der Waals surface area contributed by atoms with Crippen LogP contribution in [-0.2, 0) is 66.3 Å². The minimum atomic E-state index is -0.835. The molecule has 0 saturated heterocycles. The van der Waals surface area contributed by atoms with Crippen molar-refractivity contribution < 1.29 is 107 Å². The zero-order valence-corrected chi connectivity index (χ0v) is 34.8. The molecule has 22 nitrogen and oxygen atoms in total. The van der Waals surface area contributed by atoms with Gasteiger partial charge in [0, 0.05) is 0 Å². The van der Waals surface area contributed by atoms with E-state index in [9.17, 15) is 15.3 Å². The predicted molar refractivity (Wildman–Crippen MR) is 206 cm³/mol. The van der Waals surface area contributed by atoms with Crippen molar-refractivity contribution in [1.29, 1.82) is 0 Å². The van der Waals surface area contributed by atoms with Crippen LogP contribution in [-0.4, -0.2) is 266 Å². The van der Waals surface area contributed by atoms with Gasteiger partial charge in [-0.2, -0.15) is 0 Å². The van der Waals surface area contributed by atoms with Crippen molar-refractivity contribution in [3.8, 4) is 0 Å². The number of hydrogen-bond acceptors (Lipinski definition) is 22. The summed E-state index contributed by atoms with van der Waals surface area (Å²) in [4.78, 5) is 0. The summed E-state index contributed by atoms with van der Waals surface area (Å²) in [7, 11) is 0. The second-order valence-corrected chi connectivity index (χ2v) is 13.5. The molecule has 0 aliphatic rings. The van der Waals surface area contributed by atoms with Gasteiger partial charge in [0.05, 0.1) is 228 Å². The second kappa shape index (κ2) is 42.4. The molecule has 0 aliphatic carbocycles. The quantitative estimate of drug-likeness (QED) is 0.0214. The van der Waals surface area contributed by atoms with E-state index in [2.05, 4.69) is 0 Å². The zero-order chi connectivity index (χ0) is 43.4. The van der Waals surface area contributed by atoms with Crippen molar-refractivity contribution in [2.24, 2.45) is 16.2 Å². The lowest BCUT2D eigenvalue weighted by atomic mass is 9.92. The SMILES string of the molecule is OCCOCC(COCO)(COCCO)COCCOCCOCC(COCO)(COCCO)COCCOCCOCC(COCCO)(COCCO)COCCO. The molecule has 1 atom stereocenters. The van der Waals surface area contributed by atoms with Crippen LogP contribution in [0, 0.1) is 16.2 Å². The Kier molecular flexibility index (Phi) is 41.8. The highest BCUT2D eigenvalue weighted by atomic mass is 16.6. The summed E-state index contributed by atoms with van der Waals surface area (Å²) in [5.41, 5.74) is -2.38. The van der Waals surface area contributed by atoms with Gasteiger partial charge in [0.15, 0.2) is 0 Å². The van der Waals surface area contributed by atoms with Gasteiger partial charge in [0.1, 0.15) is 13.6 Å². The second-order valence-electron chi connectivity index (χ2n) is 13.5. The van der Waals surface area contributed by atoms with E-state index in [1.165, 1.54) is 0 Å². The third kappa shape index (κ3) is 32.5. The van der Waals surface area contributed by atoms with Gasteiger partial charge in [-0.25, -0.2) is 0 Å². The minimum Gasteiger partial charge on any atom is -0.394 e. The molecule has 0 aromatic rings. The molecule has 59 heavy (non-hydrogen) atoms. The zero-order valence-electron chi connectivity index (χ0n) is 34.8. The maximum Gasteiger partial charge on any atom is 0.143 e. The smallest absolute Gasteiger partial charge is 0.143 e. The minimum absolute atomic E-state index is 0.0396. The Bertz CT molecular complexity index is 814. The van der Waals surface area contributed by atoms with Crippen LogP contribution in [0.15, 0.2) is 0 Å². The van der Waals surface area contributed by atoms with Crippen molar-refractivity contribution >= 4 is 0 Å². The molecule has 0 saturated carbocycles. The average Bonchev–Trinajstić information content (AvgIpc) is 3.24. The van der Waals surface area contributed by atoms with E-state index < -0.39 is 29.8 Å². The number of aliphatic hydroxyl groups excluding tert-OH is 8. The first kappa shape index (κ1) is 58.1. The van der Waals surface area contributed by atoms with E-state index in [0.717, 1.165) is 0 Å². The van der Waals surface area contributed by atoms with Crippen LogP contribution >= 0.6 is 0 Å². The normalized spacial score (nSPS) is 13.4. The first-order valence-electron chi connectivity index (χ1n) is 19.9. The number of rotatable bonds is 50. The van der Waals surface area contributed by atoms with Crippen LogP contribution in [0.25, 0.3) is 0 Å². The highest BCUT2D eigenvalue weighted by Crippen LogP contribution is 2.23. The lowest BCUT2D eigenvalue weighted by molar-refractivity contribution is -0.137. The first-order valence-corrected chi connectivity index (χ1v) is 19.9. The largest absolute Gasteiger partial charge is 0.394 e. The molecule has 356 valence electrons. The maximum absolute atomic E-state index is 9.39. The third-order valence-corrected chi connectivity index (χ3v) is 7.98. The molecular formula is C37H76O22. The van der Waals surface area contributed by atoms with Gasteiger partial charge in [-0.3, -0.25) is 0 Å². The molecular weight excluding hydrogens is 796 g/mol. The molecule has 22 heteroatoms.